The highest BCUT2D eigenvalue weighted by Gasteiger charge is 2.02. The highest BCUT2D eigenvalue weighted by molar-refractivity contribution is 5.40. The van der Waals surface area contributed by atoms with Crippen molar-refractivity contribution in [3.05, 3.63) is 29.8 Å². The van der Waals surface area contributed by atoms with Crippen molar-refractivity contribution in [2.45, 2.75) is 26.0 Å². The second-order valence-corrected chi connectivity index (χ2v) is 4.12. The van der Waals surface area contributed by atoms with Gasteiger partial charge in [-0.05, 0) is 38.1 Å². The summed E-state index contributed by atoms with van der Waals surface area (Å²) < 4.78 is 0. The molecular weight excluding hydrogens is 188 g/mol. The first-order valence-corrected chi connectivity index (χ1v) is 5.29. The Morgan fingerprint density at radius 1 is 1.47 bits per heavy atom. The molecule has 0 heterocycles. The zero-order valence-electron chi connectivity index (χ0n) is 9.48. The van der Waals surface area contributed by atoms with Gasteiger partial charge in [0.15, 0.2) is 0 Å². The first-order valence-electron chi connectivity index (χ1n) is 5.29. The summed E-state index contributed by atoms with van der Waals surface area (Å²) in [6, 6.07) is 7.90. The van der Waals surface area contributed by atoms with Gasteiger partial charge in [0.2, 0.25) is 0 Å². The van der Waals surface area contributed by atoms with Crippen LogP contribution in [0.3, 0.4) is 0 Å². The van der Waals surface area contributed by atoms with E-state index in [-0.39, 0.29) is 6.10 Å². The predicted octanol–water partition coefficient (Wildman–Crippen LogP) is 1.47. The van der Waals surface area contributed by atoms with E-state index in [1.165, 1.54) is 5.56 Å². The molecule has 0 bridgehead atoms. The first-order chi connectivity index (χ1) is 7.08. The van der Waals surface area contributed by atoms with Crippen LogP contribution in [0.4, 0.5) is 5.69 Å². The molecule has 1 atom stereocenters. The number of hydrogen-bond donors (Lipinski definition) is 2. The van der Waals surface area contributed by atoms with Gasteiger partial charge in [0.25, 0.3) is 0 Å². The molecule has 15 heavy (non-hydrogen) atoms. The van der Waals surface area contributed by atoms with E-state index in [1.807, 2.05) is 32.2 Å². The minimum Gasteiger partial charge on any atom is -0.399 e. The van der Waals surface area contributed by atoms with Gasteiger partial charge < -0.3 is 15.7 Å². The first kappa shape index (κ1) is 12.0. The van der Waals surface area contributed by atoms with E-state index in [0.29, 0.717) is 0 Å². The van der Waals surface area contributed by atoms with Crippen molar-refractivity contribution in [2.75, 3.05) is 19.3 Å². The molecule has 0 spiro atoms. The van der Waals surface area contributed by atoms with E-state index < -0.39 is 0 Å². The number of aliphatic hydroxyl groups is 1. The van der Waals surface area contributed by atoms with E-state index in [2.05, 4.69) is 11.0 Å². The SMILES string of the molecule is CC(O)CCN(C)Cc1cccc(N)c1. The molecule has 3 N–H and O–H groups in total. The number of nitrogens with zero attached hydrogens (tertiary/aromatic N) is 1. The molecule has 3 nitrogen and oxygen atoms in total. The maximum Gasteiger partial charge on any atom is 0.0524 e. The minimum absolute atomic E-state index is 0.228. The molecule has 84 valence electrons. The largest absolute Gasteiger partial charge is 0.399 e. The number of nitrogen functional groups attached to an aromatic ring is 1. The van der Waals surface area contributed by atoms with E-state index in [1.54, 1.807) is 0 Å². The van der Waals surface area contributed by atoms with Gasteiger partial charge in [-0.2, -0.15) is 0 Å². The van der Waals surface area contributed by atoms with Crippen molar-refractivity contribution >= 4 is 5.69 Å². The zero-order chi connectivity index (χ0) is 11.3. The molecular formula is C12H20N2O. The Morgan fingerprint density at radius 2 is 2.20 bits per heavy atom. The average molecular weight is 208 g/mol. The Labute approximate surface area is 91.5 Å². The van der Waals surface area contributed by atoms with Crippen molar-refractivity contribution in [3.63, 3.8) is 0 Å². The number of aliphatic hydroxyl groups excluding tert-OH is 1. The molecule has 0 aliphatic rings. The van der Waals surface area contributed by atoms with Gasteiger partial charge in [-0.1, -0.05) is 12.1 Å². The fourth-order valence-electron chi connectivity index (χ4n) is 1.49. The Bertz CT molecular complexity index is 299. The number of anilines is 1. The lowest BCUT2D eigenvalue weighted by atomic mass is 10.2. The standard InChI is InChI=1S/C12H20N2O/c1-10(15)6-7-14(2)9-11-4-3-5-12(13)8-11/h3-5,8,10,15H,6-7,9,13H2,1-2H3. The van der Waals surface area contributed by atoms with Crippen molar-refractivity contribution in [1.82, 2.24) is 4.90 Å². The number of nitrogens with two attached hydrogens (primary N) is 1. The van der Waals surface area contributed by atoms with Crippen molar-refractivity contribution < 1.29 is 5.11 Å². The molecule has 0 aliphatic heterocycles. The molecule has 0 aromatic heterocycles. The smallest absolute Gasteiger partial charge is 0.0524 e. The van der Waals surface area contributed by atoms with Crippen LogP contribution < -0.4 is 5.73 Å². The van der Waals surface area contributed by atoms with Crippen LogP contribution in [-0.2, 0) is 6.54 Å². The summed E-state index contributed by atoms with van der Waals surface area (Å²) in [4.78, 5) is 2.18. The van der Waals surface area contributed by atoms with Crippen LogP contribution in [0.1, 0.15) is 18.9 Å². The van der Waals surface area contributed by atoms with Crippen LogP contribution in [0.15, 0.2) is 24.3 Å². The molecule has 1 aromatic carbocycles. The molecule has 0 amide bonds. The van der Waals surface area contributed by atoms with Crippen molar-refractivity contribution in [3.8, 4) is 0 Å². The van der Waals surface area contributed by atoms with Gasteiger partial charge in [0, 0.05) is 18.8 Å². The molecule has 0 aliphatic carbocycles. The molecule has 0 saturated heterocycles. The van der Waals surface area contributed by atoms with Gasteiger partial charge in [0.1, 0.15) is 0 Å². The van der Waals surface area contributed by atoms with Gasteiger partial charge in [-0.25, -0.2) is 0 Å². The second kappa shape index (κ2) is 5.73. The summed E-state index contributed by atoms with van der Waals surface area (Å²) in [6.07, 6.45) is 0.576. The Hall–Kier alpha value is -1.06. The van der Waals surface area contributed by atoms with Gasteiger partial charge in [-0.15, -0.1) is 0 Å². The molecule has 0 saturated carbocycles. The summed E-state index contributed by atoms with van der Waals surface area (Å²) >= 11 is 0. The van der Waals surface area contributed by atoms with Crippen LogP contribution in [-0.4, -0.2) is 29.7 Å². The summed E-state index contributed by atoms with van der Waals surface area (Å²) in [6.45, 7) is 3.58. The van der Waals surface area contributed by atoms with E-state index >= 15 is 0 Å². The third-order valence-electron chi connectivity index (χ3n) is 2.33. The predicted molar refractivity (Wildman–Crippen MR) is 63.5 cm³/mol. The van der Waals surface area contributed by atoms with Gasteiger partial charge in [0.05, 0.1) is 6.10 Å². The Morgan fingerprint density at radius 3 is 2.80 bits per heavy atom. The molecule has 0 radical (unpaired) electrons. The monoisotopic (exact) mass is 208 g/mol. The molecule has 0 fully saturated rings. The Balaban J connectivity index is 2.40. The lowest BCUT2D eigenvalue weighted by molar-refractivity contribution is 0.163. The number of rotatable bonds is 5. The third kappa shape index (κ3) is 4.81. The fourth-order valence-corrected chi connectivity index (χ4v) is 1.49. The normalized spacial score (nSPS) is 13.1. The van der Waals surface area contributed by atoms with Crippen molar-refractivity contribution in [1.29, 1.82) is 0 Å². The fraction of sp³-hybridized carbons (Fsp3) is 0.500. The van der Waals surface area contributed by atoms with Crippen molar-refractivity contribution in [2.24, 2.45) is 0 Å². The minimum atomic E-state index is -0.228. The highest BCUT2D eigenvalue weighted by Crippen LogP contribution is 2.09. The van der Waals surface area contributed by atoms with Crippen LogP contribution in [0.5, 0.6) is 0 Å². The van der Waals surface area contributed by atoms with E-state index in [4.69, 9.17) is 10.8 Å². The van der Waals surface area contributed by atoms with E-state index in [0.717, 1.165) is 25.2 Å². The zero-order valence-corrected chi connectivity index (χ0v) is 9.48. The van der Waals surface area contributed by atoms with Crippen LogP contribution in [0, 0.1) is 0 Å². The van der Waals surface area contributed by atoms with Crippen LogP contribution >= 0.6 is 0 Å². The number of hydrogen-bond acceptors (Lipinski definition) is 3. The maximum absolute atomic E-state index is 9.16. The van der Waals surface area contributed by atoms with E-state index in [9.17, 15) is 0 Å². The maximum atomic E-state index is 9.16. The summed E-state index contributed by atoms with van der Waals surface area (Å²) in [5.41, 5.74) is 7.71. The lowest BCUT2D eigenvalue weighted by Gasteiger charge is -2.17. The summed E-state index contributed by atoms with van der Waals surface area (Å²) in [5.74, 6) is 0. The topological polar surface area (TPSA) is 49.5 Å². The molecule has 3 heteroatoms. The number of benzene rings is 1. The summed E-state index contributed by atoms with van der Waals surface area (Å²) in [5, 5.41) is 9.16. The molecule has 1 unspecified atom stereocenters. The van der Waals surface area contributed by atoms with Gasteiger partial charge >= 0.3 is 0 Å². The highest BCUT2D eigenvalue weighted by atomic mass is 16.3. The Kier molecular flexibility index (Phi) is 4.59. The third-order valence-corrected chi connectivity index (χ3v) is 2.33. The lowest BCUT2D eigenvalue weighted by Crippen LogP contribution is -2.22. The van der Waals surface area contributed by atoms with Crippen LogP contribution in [0.2, 0.25) is 0 Å². The average Bonchev–Trinajstić information content (AvgIpc) is 2.15. The molecule has 1 aromatic rings. The molecule has 1 rings (SSSR count). The quantitative estimate of drug-likeness (QED) is 0.720. The second-order valence-electron chi connectivity index (χ2n) is 4.12. The summed E-state index contributed by atoms with van der Waals surface area (Å²) in [7, 11) is 2.05. The van der Waals surface area contributed by atoms with Crippen LogP contribution in [0.25, 0.3) is 0 Å². The van der Waals surface area contributed by atoms with Gasteiger partial charge in [-0.3, -0.25) is 0 Å².